The number of cyclic esters (lactones) is 1. The Hall–Kier alpha value is -3.13. The first-order valence-corrected chi connectivity index (χ1v) is 9.25. The maximum atomic E-state index is 12.9. The number of ether oxygens (including phenoxy) is 5. The van der Waals surface area contributed by atoms with Crippen molar-refractivity contribution in [1.29, 1.82) is 0 Å². The molecule has 2 heterocycles. The van der Waals surface area contributed by atoms with Crippen LogP contribution in [-0.4, -0.2) is 43.8 Å². The van der Waals surface area contributed by atoms with E-state index in [4.69, 9.17) is 23.7 Å². The van der Waals surface area contributed by atoms with E-state index in [1.54, 1.807) is 24.3 Å². The van der Waals surface area contributed by atoms with Crippen LogP contribution < -0.4 is 18.9 Å². The van der Waals surface area contributed by atoms with E-state index in [2.05, 4.69) is 0 Å². The zero-order valence-electron chi connectivity index (χ0n) is 15.9. The summed E-state index contributed by atoms with van der Waals surface area (Å²) in [6, 6.07) is 6.84. The summed E-state index contributed by atoms with van der Waals surface area (Å²) < 4.78 is 26.9. The number of fused-ring (bicyclic) bond motifs is 2. The molecule has 8 nitrogen and oxygen atoms in total. The molecule has 1 aliphatic carbocycles. The molecular weight excluding hydrogens is 380 g/mol. The largest absolute Gasteiger partial charge is 0.502 e. The molecule has 0 radical (unpaired) electrons. The molecule has 5 rings (SSSR count). The molecule has 8 heteroatoms. The van der Waals surface area contributed by atoms with Gasteiger partial charge in [-0.1, -0.05) is 0 Å². The molecule has 1 fully saturated rings. The fourth-order valence-corrected chi connectivity index (χ4v) is 4.79. The van der Waals surface area contributed by atoms with Crippen LogP contribution >= 0.6 is 0 Å². The number of hydrogen-bond acceptors (Lipinski definition) is 8. The quantitative estimate of drug-likeness (QED) is 0.757. The zero-order chi connectivity index (χ0) is 20.3. The lowest BCUT2D eigenvalue weighted by Gasteiger charge is -2.31. The molecule has 0 aromatic heterocycles. The van der Waals surface area contributed by atoms with Crippen molar-refractivity contribution in [2.75, 3.05) is 27.6 Å². The average molecular weight is 400 g/mol. The Labute approximate surface area is 166 Å². The van der Waals surface area contributed by atoms with Gasteiger partial charge in [0.25, 0.3) is 0 Å². The van der Waals surface area contributed by atoms with Crippen LogP contribution in [0.1, 0.15) is 35.1 Å². The third kappa shape index (κ3) is 2.26. The van der Waals surface area contributed by atoms with Crippen molar-refractivity contribution in [1.82, 2.24) is 0 Å². The van der Waals surface area contributed by atoms with E-state index in [0.29, 0.717) is 29.0 Å². The minimum Gasteiger partial charge on any atom is -0.502 e. The summed E-state index contributed by atoms with van der Waals surface area (Å²) in [5.74, 6) is 0.382. The summed E-state index contributed by atoms with van der Waals surface area (Å²) in [5.41, 5.74) is 0.816. The molecule has 0 unspecified atom stereocenters. The second-order valence-corrected chi connectivity index (χ2v) is 7.37. The monoisotopic (exact) mass is 400 g/mol. The summed E-state index contributed by atoms with van der Waals surface area (Å²) in [6.07, 6.45) is -0.720. The highest BCUT2D eigenvalue weighted by atomic mass is 16.7. The van der Waals surface area contributed by atoms with E-state index >= 15 is 0 Å². The second-order valence-electron chi connectivity index (χ2n) is 7.37. The number of carbonyl (C=O) groups excluding carboxylic acids is 1. The average Bonchev–Trinajstić information content (AvgIpc) is 3.40. The number of carbonyl (C=O) groups is 1. The summed E-state index contributed by atoms with van der Waals surface area (Å²) in [4.78, 5) is 12.9. The van der Waals surface area contributed by atoms with E-state index in [9.17, 15) is 15.0 Å². The highest BCUT2D eigenvalue weighted by molar-refractivity contribution is 5.84. The van der Waals surface area contributed by atoms with Gasteiger partial charge < -0.3 is 33.9 Å². The van der Waals surface area contributed by atoms with E-state index in [-0.39, 0.29) is 30.6 Å². The first kappa shape index (κ1) is 17.9. The van der Waals surface area contributed by atoms with Crippen LogP contribution in [0.4, 0.5) is 0 Å². The summed E-state index contributed by atoms with van der Waals surface area (Å²) >= 11 is 0. The van der Waals surface area contributed by atoms with Gasteiger partial charge in [0, 0.05) is 12.3 Å². The normalized spacial score (nSPS) is 26.5. The zero-order valence-corrected chi connectivity index (χ0v) is 15.9. The van der Waals surface area contributed by atoms with Crippen molar-refractivity contribution < 1.29 is 38.7 Å². The Morgan fingerprint density at radius 3 is 2.17 bits per heavy atom. The number of methoxy groups -OCH3 is 2. The van der Waals surface area contributed by atoms with E-state index < -0.39 is 23.4 Å². The van der Waals surface area contributed by atoms with Crippen LogP contribution in [0.5, 0.6) is 28.7 Å². The maximum absolute atomic E-state index is 12.9. The summed E-state index contributed by atoms with van der Waals surface area (Å²) in [5, 5.41) is 21.6. The smallest absolute Gasteiger partial charge is 0.316 e. The topological polar surface area (TPSA) is 104 Å². The van der Waals surface area contributed by atoms with Gasteiger partial charge in [0.05, 0.1) is 26.9 Å². The van der Waals surface area contributed by atoms with E-state index in [1.165, 1.54) is 14.2 Å². The Morgan fingerprint density at radius 2 is 1.62 bits per heavy atom. The number of aliphatic hydroxyl groups is 1. The van der Waals surface area contributed by atoms with Gasteiger partial charge >= 0.3 is 5.97 Å². The Balaban J connectivity index is 1.77. The lowest BCUT2D eigenvalue weighted by Crippen LogP contribution is -2.35. The van der Waals surface area contributed by atoms with Crippen LogP contribution in [-0.2, 0) is 9.53 Å². The molecule has 152 valence electrons. The number of hydrogen-bond donors (Lipinski definition) is 2. The van der Waals surface area contributed by atoms with Crippen molar-refractivity contribution in [2.24, 2.45) is 5.41 Å². The predicted octanol–water partition coefficient (Wildman–Crippen LogP) is 2.25. The standard InChI is InChI=1S/C21H20O8/c1-25-15-5-10(6-16(26-2)18(15)22)17-11-7-13-14(29-9-28-13)8-12(11)19(23)21(17)3-4-27-20(21)24/h5-8,17,19,22-23H,3-4,9H2,1-2H3/t17-,19-,21-/m1/s1. The number of phenols is 1. The Morgan fingerprint density at radius 1 is 1.00 bits per heavy atom. The molecule has 0 bridgehead atoms. The third-order valence-electron chi connectivity index (χ3n) is 6.15. The van der Waals surface area contributed by atoms with Gasteiger partial charge in [0.2, 0.25) is 12.5 Å². The molecule has 2 aromatic rings. The van der Waals surface area contributed by atoms with E-state index in [0.717, 1.165) is 5.56 Å². The van der Waals surface area contributed by atoms with Crippen molar-refractivity contribution in [2.45, 2.75) is 18.4 Å². The number of aliphatic hydroxyl groups excluding tert-OH is 1. The maximum Gasteiger partial charge on any atom is 0.316 e. The predicted molar refractivity (Wildman–Crippen MR) is 98.6 cm³/mol. The van der Waals surface area contributed by atoms with Crippen molar-refractivity contribution in [3.05, 3.63) is 41.0 Å². The molecule has 1 saturated heterocycles. The first-order valence-electron chi connectivity index (χ1n) is 9.25. The van der Waals surface area contributed by atoms with Crippen LogP contribution in [0.15, 0.2) is 24.3 Å². The van der Waals surface area contributed by atoms with Gasteiger partial charge in [0.15, 0.2) is 23.0 Å². The molecule has 2 aromatic carbocycles. The lowest BCUT2D eigenvalue weighted by molar-refractivity contribution is -0.152. The van der Waals surface area contributed by atoms with Crippen LogP contribution in [0, 0.1) is 5.41 Å². The molecule has 0 amide bonds. The van der Waals surface area contributed by atoms with Gasteiger partial charge in [0.1, 0.15) is 5.41 Å². The van der Waals surface area contributed by atoms with Gasteiger partial charge in [-0.25, -0.2) is 0 Å². The molecule has 2 N–H and O–H groups in total. The minimum absolute atomic E-state index is 0.104. The van der Waals surface area contributed by atoms with Crippen LogP contribution in [0.2, 0.25) is 0 Å². The second kappa shape index (κ2) is 6.18. The summed E-state index contributed by atoms with van der Waals surface area (Å²) in [6.45, 7) is 0.326. The van der Waals surface area contributed by atoms with Crippen LogP contribution in [0.3, 0.4) is 0 Å². The lowest BCUT2D eigenvalue weighted by atomic mass is 9.70. The number of aromatic hydroxyl groups is 1. The fourth-order valence-electron chi connectivity index (χ4n) is 4.79. The SMILES string of the molecule is COc1cc([C@@H]2c3cc4c(cc3[C@@H](O)[C@@]23CCOC3=O)OCO4)cc(OC)c1O. The molecule has 1 spiro atoms. The molecule has 29 heavy (non-hydrogen) atoms. The van der Waals surface area contributed by atoms with Crippen LogP contribution in [0.25, 0.3) is 0 Å². The van der Waals surface area contributed by atoms with Gasteiger partial charge in [-0.05, 0) is 41.0 Å². The first-order chi connectivity index (χ1) is 14.0. The van der Waals surface area contributed by atoms with E-state index in [1.807, 2.05) is 0 Å². The Bertz CT molecular complexity index is 991. The molecule has 0 saturated carbocycles. The van der Waals surface area contributed by atoms with Gasteiger partial charge in [-0.3, -0.25) is 4.79 Å². The van der Waals surface area contributed by atoms with Gasteiger partial charge in [-0.2, -0.15) is 0 Å². The molecular formula is C21H20O8. The number of esters is 1. The number of rotatable bonds is 3. The third-order valence-corrected chi connectivity index (χ3v) is 6.15. The van der Waals surface area contributed by atoms with Gasteiger partial charge in [-0.15, -0.1) is 0 Å². The highest BCUT2D eigenvalue weighted by Gasteiger charge is 2.62. The number of benzene rings is 2. The van der Waals surface area contributed by atoms with Crippen molar-refractivity contribution >= 4 is 5.97 Å². The van der Waals surface area contributed by atoms with Crippen molar-refractivity contribution in [3.63, 3.8) is 0 Å². The minimum atomic E-state index is -1.19. The summed E-state index contributed by atoms with van der Waals surface area (Å²) in [7, 11) is 2.88. The fraction of sp³-hybridized carbons (Fsp3) is 0.381. The highest BCUT2D eigenvalue weighted by Crippen LogP contribution is 2.63. The van der Waals surface area contributed by atoms with Crippen molar-refractivity contribution in [3.8, 4) is 28.7 Å². The molecule has 3 aliphatic rings. The molecule has 2 aliphatic heterocycles. The molecule has 3 atom stereocenters. The Kier molecular flexibility index (Phi) is 3.82. The number of phenolic OH excluding ortho intramolecular Hbond substituents is 1.